The lowest BCUT2D eigenvalue weighted by molar-refractivity contribution is -0.146. The number of carbonyl (C=O) groups excluding carboxylic acids is 1. The lowest BCUT2D eigenvalue weighted by Crippen LogP contribution is -2.48. The van der Waals surface area contributed by atoms with Crippen molar-refractivity contribution in [2.75, 3.05) is 6.61 Å². The summed E-state index contributed by atoms with van der Waals surface area (Å²) in [7, 11) is -6.07. The van der Waals surface area contributed by atoms with Crippen LogP contribution < -0.4 is 0 Å². The zero-order chi connectivity index (χ0) is 38.0. The van der Waals surface area contributed by atoms with Crippen molar-refractivity contribution in [1.29, 1.82) is 0 Å². The molecule has 0 radical (unpaired) electrons. The van der Waals surface area contributed by atoms with Gasteiger partial charge in [0.25, 0.3) is 0 Å². The Morgan fingerprint density at radius 2 is 1.31 bits per heavy atom. The van der Waals surface area contributed by atoms with Crippen LogP contribution in [0.5, 0.6) is 0 Å². The maximum Gasteiger partial charge on any atom is 0.334 e. The van der Waals surface area contributed by atoms with Crippen molar-refractivity contribution < 1.29 is 27.5 Å². The zero-order valence-electron chi connectivity index (χ0n) is 35.1. The van der Waals surface area contributed by atoms with E-state index in [0.717, 1.165) is 18.4 Å². The minimum Gasteiger partial charge on any atom is -0.458 e. The SMILES string of the molecule is CC1=C\[C@@H](C)[C@H](O[Si](C)(C)C(C)(C)C)[C@@H]2O[C@H]2[C@H](O[Si](C)(C)C(C)(C)C)C/C=C/C[C@@H]([C@@H](C)CCO[Si](C)(C)C(C)(C)C)OC(=O)\C(C)=C\1. The van der Waals surface area contributed by atoms with Crippen molar-refractivity contribution in [3.63, 3.8) is 0 Å². The summed E-state index contributed by atoms with van der Waals surface area (Å²) in [6, 6.07) is 0. The third-order valence-corrected chi connectivity index (χ3v) is 25.7. The summed E-state index contributed by atoms with van der Waals surface area (Å²) in [5.41, 5.74) is 1.63. The molecule has 9 heteroatoms. The highest BCUT2D eigenvalue weighted by Crippen LogP contribution is 2.45. The molecule has 2 aliphatic rings. The molecular weight excluding hydrogens is 661 g/mol. The molecule has 1 saturated heterocycles. The molecule has 0 aliphatic carbocycles. The van der Waals surface area contributed by atoms with E-state index in [-0.39, 0.29) is 63.4 Å². The Labute approximate surface area is 305 Å². The van der Waals surface area contributed by atoms with E-state index in [0.29, 0.717) is 18.6 Å². The van der Waals surface area contributed by atoms with Crippen molar-refractivity contribution in [3.8, 4) is 0 Å². The highest BCUT2D eigenvalue weighted by atomic mass is 28.4. The molecule has 1 fully saturated rings. The molecule has 0 aromatic rings. The van der Waals surface area contributed by atoms with Crippen LogP contribution in [-0.2, 0) is 27.5 Å². The molecule has 2 aliphatic heterocycles. The molecule has 0 saturated carbocycles. The van der Waals surface area contributed by atoms with Crippen LogP contribution in [0.25, 0.3) is 0 Å². The van der Waals surface area contributed by atoms with Crippen LogP contribution in [0, 0.1) is 11.8 Å². The predicted molar refractivity (Wildman–Crippen MR) is 215 cm³/mol. The predicted octanol–water partition coefficient (Wildman–Crippen LogP) is 11.4. The molecule has 0 amide bonds. The lowest BCUT2D eigenvalue weighted by atomic mass is 9.95. The first-order valence-corrected chi connectivity index (χ1v) is 27.6. The quantitative estimate of drug-likeness (QED) is 0.102. The fraction of sp³-hybridized carbons (Fsp3) is 0.825. The number of esters is 1. The lowest BCUT2D eigenvalue weighted by Gasteiger charge is -2.41. The number of carbonyl (C=O) groups is 1. The van der Waals surface area contributed by atoms with E-state index < -0.39 is 25.0 Å². The Morgan fingerprint density at radius 3 is 1.84 bits per heavy atom. The van der Waals surface area contributed by atoms with Crippen LogP contribution in [-0.4, -0.2) is 68.0 Å². The van der Waals surface area contributed by atoms with Crippen LogP contribution >= 0.6 is 0 Å². The molecule has 284 valence electrons. The van der Waals surface area contributed by atoms with Crippen molar-refractivity contribution in [2.24, 2.45) is 11.8 Å². The Hall–Kier alpha value is -0.819. The minimum atomic E-state index is -2.12. The number of hydrogen-bond acceptors (Lipinski definition) is 6. The molecule has 0 aromatic heterocycles. The maximum absolute atomic E-state index is 13.5. The van der Waals surface area contributed by atoms with E-state index in [1.54, 1.807) is 0 Å². The second-order valence-electron chi connectivity index (χ2n) is 19.7. The number of rotatable bonds is 9. The topological polar surface area (TPSA) is 66.5 Å². The van der Waals surface area contributed by atoms with Gasteiger partial charge in [-0.3, -0.25) is 0 Å². The van der Waals surface area contributed by atoms with Crippen LogP contribution in [0.3, 0.4) is 0 Å². The van der Waals surface area contributed by atoms with Crippen LogP contribution in [0.2, 0.25) is 54.4 Å². The molecule has 0 bridgehead atoms. The van der Waals surface area contributed by atoms with Gasteiger partial charge in [0.1, 0.15) is 18.3 Å². The van der Waals surface area contributed by atoms with E-state index >= 15 is 0 Å². The van der Waals surface area contributed by atoms with E-state index in [2.05, 4.69) is 141 Å². The number of cyclic esters (lactones) is 1. The van der Waals surface area contributed by atoms with Crippen molar-refractivity contribution >= 4 is 30.9 Å². The standard InChI is InChI=1S/C40H76O6Si3/c1-28-26-30(3)34(46-49(18,19)40(11,12)13)36-35(44-36)33(45-48(16,17)39(8,9)10)23-21-20-22-32(43-37(41)31(4)27-28)29(2)24-25-42-47(14,15)38(5,6)7/h20-21,26-27,29-30,32-36H,22-25H2,1-19H3/b21-20+,28-26+,31-27+/t29-,30+,32-,33+,34-,35-,36-/m0/s1. The van der Waals surface area contributed by atoms with Crippen LogP contribution in [0.15, 0.2) is 35.5 Å². The highest BCUT2D eigenvalue weighted by Gasteiger charge is 2.55. The monoisotopic (exact) mass is 736 g/mol. The zero-order valence-corrected chi connectivity index (χ0v) is 38.1. The third kappa shape index (κ3) is 12.4. The number of allylic oxidation sites excluding steroid dienone is 2. The summed E-state index contributed by atoms with van der Waals surface area (Å²) in [6.45, 7) is 43.4. The molecule has 0 aromatic carbocycles. The fourth-order valence-corrected chi connectivity index (χ4v) is 9.23. The molecule has 2 heterocycles. The van der Waals surface area contributed by atoms with E-state index in [1.165, 1.54) is 0 Å². The highest BCUT2D eigenvalue weighted by molar-refractivity contribution is 6.75. The van der Waals surface area contributed by atoms with Crippen molar-refractivity contribution in [1.82, 2.24) is 0 Å². The smallest absolute Gasteiger partial charge is 0.334 e. The van der Waals surface area contributed by atoms with Gasteiger partial charge in [-0.05, 0) is 93.1 Å². The van der Waals surface area contributed by atoms with E-state index in [9.17, 15) is 4.79 Å². The second kappa shape index (κ2) is 16.5. The summed E-state index contributed by atoms with van der Waals surface area (Å²) in [5.74, 6) is -0.0397. The third-order valence-electron chi connectivity index (χ3n) is 12.2. The van der Waals surface area contributed by atoms with Gasteiger partial charge in [-0.25, -0.2) is 4.79 Å². The van der Waals surface area contributed by atoms with Crippen molar-refractivity contribution in [2.45, 2.75) is 194 Å². The number of ether oxygens (including phenoxy) is 2. The molecule has 6 nitrogen and oxygen atoms in total. The molecule has 0 N–H and O–H groups in total. The fourth-order valence-electron chi connectivity index (χ4n) is 5.44. The summed E-state index contributed by atoms with van der Waals surface area (Å²) < 4.78 is 33.6. The first kappa shape index (κ1) is 44.3. The molecular formula is C40H76O6Si3. The summed E-state index contributed by atoms with van der Waals surface area (Å²) in [4.78, 5) is 13.5. The first-order chi connectivity index (χ1) is 22.0. The Kier molecular flexibility index (Phi) is 14.9. The summed E-state index contributed by atoms with van der Waals surface area (Å²) >= 11 is 0. The van der Waals surface area contributed by atoms with Crippen LogP contribution in [0.1, 0.15) is 109 Å². The average Bonchev–Trinajstić information content (AvgIpc) is 3.70. The van der Waals surface area contributed by atoms with Crippen LogP contribution in [0.4, 0.5) is 0 Å². The largest absolute Gasteiger partial charge is 0.458 e. The second-order valence-corrected chi connectivity index (χ2v) is 34.0. The van der Waals surface area contributed by atoms with Gasteiger partial charge in [0.15, 0.2) is 25.0 Å². The van der Waals surface area contributed by atoms with Gasteiger partial charge in [0.05, 0.1) is 12.2 Å². The number of hydrogen-bond donors (Lipinski definition) is 0. The maximum atomic E-state index is 13.5. The molecule has 0 unspecified atom stereocenters. The minimum absolute atomic E-state index is 0.0325. The molecule has 2 rings (SSSR count). The van der Waals surface area contributed by atoms with Gasteiger partial charge in [-0.15, -0.1) is 0 Å². The molecule has 49 heavy (non-hydrogen) atoms. The van der Waals surface area contributed by atoms with Gasteiger partial charge in [0.2, 0.25) is 0 Å². The van der Waals surface area contributed by atoms with E-state index in [1.807, 2.05) is 13.0 Å². The molecule has 7 atom stereocenters. The average molecular weight is 737 g/mol. The summed E-state index contributed by atoms with van der Waals surface area (Å²) in [5, 5.41) is 0.296. The number of fused-ring (bicyclic) bond motifs is 1. The first-order valence-electron chi connectivity index (χ1n) is 18.9. The summed E-state index contributed by atoms with van der Waals surface area (Å²) in [6.07, 6.45) is 10.3. The Morgan fingerprint density at radius 1 is 0.796 bits per heavy atom. The number of epoxide rings is 1. The van der Waals surface area contributed by atoms with Gasteiger partial charge in [0, 0.05) is 24.5 Å². The van der Waals surface area contributed by atoms with Crippen molar-refractivity contribution in [3.05, 3.63) is 35.5 Å². The van der Waals surface area contributed by atoms with Gasteiger partial charge >= 0.3 is 5.97 Å². The normalized spacial score (nSPS) is 30.7. The van der Waals surface area contributed by atoms with Gasteiger partial charge in [-0.1, -0.05) is 100.0 Å². The van der Waals surface area contributed by atoms with Gasteiger partial charge in [-0.2, -0.15) is 0 Å². The Balaban J connectivity index is 2.49. The van der Waals surface area contributed by atoms with Gasteiger partial charge < -0.3 is 22.8 Å². The Bertz CT molecular complexity index is 1200. The molecule has 0 spiro atoms. The van der Waals surface area contributed by atoms with E-state index in [4.69, 9.17) is 22.8 Å².